The Kier molecular flexibility index (Phi) is 3.92. The normalized spacial score (nSPS) is 13.5. The number of nitrogens with one attached hydrogen (secondary N) is 1. The molecule has 0 fully saturated rings. The van der Waals surface area contributed by atoms with Gasteiger partial charge < -0.3 is 5.32 Å². The molecule has 0 saturated heterocycles. The van der Waals surface area contributed by atoms with Crippen molar-refractivity contribution in [1.29, 1.82) is 0 Å². The molecule has 0 aliphatic heterocycles. The van der Waals surface area contributed by atoms with Gasteiger partial charge in [-0.1, -0.05) is 30.1 Å². The van der Waals surface area contributed by atoms with E-state index in [9.17, 15) is 0 Å². The van der Waals surface area contributed by atoms with Gasteiger partial charge in [0.1, 0.15) is 16.5 Å². The molecule has 0 bridgehead atoms. The maximum atomic E-state index is 6.11. The van der Waals surface area contributed by atoms with Crippen LogP contribution in [0.3, 0.4) is 0 Å². The van der Waals surface area contributed by atoms with Gasteiger partial charge >= 0.3 is 0 Å². The molecule has 1 aromatic carbocycles. The standard InChI is InChI=1S/C17H15Cl2N3S/c1-2-14-21-16(20-11-7-9(18)6-10(19)8-11)15-12-4-3-5-13(12)23-17(15)22-14/h6-8H,2-5H2,1H3,(H,20,21,22). The molecule has 4 rings (SSSR count). The molecule has 3 nitrogen and oxygen atoms in total. The van der Waals surface area contributed by atoms with E-state index in [1.165, 1.54) is 16.9 Å². The molecular weight excluding hydrogens is 349 g/mol. The minimum atomic E-state index is 0.608. The van der Waals surface area contributed by atoms with Crippen LogP contribution in [0, 0.1) is 0 Å². The van der Waals surface area contributed by atoms with Gasteiger partial charge in [-0.15, -0.1) is 11.3 Å². The molecule has 6 heteroatoms. The first-order valence-electron chi connectivity index (χ1n) is 7.68. The molecule has 1 aliphatic rings. The highest BCUT2D eigenvalue weighted by atomic mass is 35.5. The van der Waals surface area contributed by atoms with E-state index >= 15 is 0 Å². The molecule has 0 amide bonds. The summed E-state index contributed by atoms with van der Waals surface area (Å²) < 4.78 is 0. The number of rotatable bonds is 3. The molecule has 3 aromatic rings. The lowest BCUT2D eigenvalue weighted by Gasteiger charge is -2.10. The molecule has 2 heterocycles. The highest BCUT2D eigenvalue weighted by Crippen LogP contribution is 2.40. The Labute approximate surface area is 148 Å². The van der Waals surface area contributed by atoms with Crippen LogP contribution in [0.25, 0.3) is 10.2 Å². The van der Waals surface area contributed by atoms with Gasteiger partial charge in [0, 0.05) is 27.0 Å². The topological polar surface area (TPSA) is 37.8 Å². The quantitative estimate of drug-likeness (QED) is 0.639. The number of thiophene rings is 1. The predicted molar refractivity (Wildman–Crippen MR) is 98.6 cm³/mol. The van der Waals surface area contributed by atoms with Crippen LogP contribution in [0.4, 0.5) is 11.5 Å². The summed E-state index contributed by atoms with van der Waals surface area (Å²) in [7, 11) is 0. The molecule has 0 spiro atoms. The first-order valence-corrected chi connectivity index (χ1v) is 9.25. The van der Waals surface area contributed by atoms with Crippen molar-refractivity contribution in [1.82, 2.24) is 9.97 Å². The lowest BCUT2D eigenvalue weighted by atomic mass is 10.2. The highest BCUT2D eigenvalue weighted by Gasteiger charge is 2.22. The molecule has 0 saturated carbocycles. The van der Waals surface area contributed by atoms with Crippen LogP contribution in [0.2, 0.25) is 10.0 Å². The minimum absolute atomic E-state index is 0.608. The van der Waals surface area contributed by atoms with E-state index < -0.39 is 0 Å². The van der Waals surface area contributed by atoms with E-state index in [2.05, 4.69) is 12.2 Å². The van der Waals surface area contributed by atoms with E-state index in [1.54, 1.807) is 17.4 Å². The van der Waals surface area contributed by atoms with E-state index in [4.69, 9.17) is 33.2 Å². The van der Waals surface area contributed by atoms with E-state index in [0.717, 1.165) is 46.8 Å². The third kappa shape index (κ3) is 2.80. The maximum absolute atomic E-state index is 6.11. The summed E-state index contributed by atoms with van der Waals surface area (Å²) in [6.45, 7) is 2.07. The lowest BCUT2D eigenvalue weighted by Crippen LogP contribution is -2.01. The van der Waals surface area contributed by atoms with Crippen molar-refractivity contribution in [2.75, 3.05) is 5.32 Å². The van der Waals surface area contributed by atoms with Crippen LogP contribution in [-0.2, 0) is 19.3 Å². The van der Waals surface area contributed by atoms with Crippen molar-refractivity contribution >= 4 is 56.3 Å². The van der Waals surface area contributed by atoms with Crippen molar-refractivity contribution in [2.45, 2.75) is 32.6 Å². The van der Waals surface area contributed by atoms with Crippen LogP contribution in [0.1, 0.15) is 29.6 Å². The molecule has 1 aliphatic carbocycles. The molecule has 0 atom stereocenters. The van der Waals surface area contributed by atoms with Crippen molar-refractivity contribution in [3.63, 3.8) is 0 Å². The number of hydrogen-bond acceptors (Lipinski definition) is 4. The van der Waals surface area contributed by atoms with Gasteiger partial charge in [-0.25, -0.2) is 9.97 Å². The molecule has 0 unspecified atom stereocenters. The van der Waals surface area contributed by atoms with E-state index in [-0.39, 0.29) is 0 Å². The van der Waals surface area contributed by atoms with Gasteiger partial charge in [-0.3, -0.25) is 0 Å². The van der Waals surface area contributed by atoms with Crippen LogP contribution in [0.5, 0.6) is 0 Å². The second-order valence-corrected chi connectivity index (χ2v) is 7.62. The Bertz CT molecular complexity index is 884. The number of halogens is 2. The summed E-state index contributed by atoms with van der Waals surface area (Å²) in [6.07, 6.45) is 4.29. The molecule has 1 N–H and O–H groups in total. The van der Waals surface area contributed by atoms with Gasteiger partial charge in [0.2, 0.25) is 0 Å². The van der Waals surface area contributed by atoms with Gasteiger partial charge in [-0.05, 0) is 43.0 Å². The Hall–Kier alpha value is -1.36. The van der Waals surface area contributed by atoms with Crippen molar-refractivity contribution < 1.29 is 0 Å². The van der Waals surface area contributed by atoms with Crippen LogP contribution in [0.15, 0.2) is 18.2 Å². The van der Waals surface area contributed by atoms with Crippen molar-refractivity contribution in [2.24, 2.45) is 0 Å². The smallest absolute Gasteiger partial charge is 0.143 e. The lowest BCUT2D eigenvalue weighted by molar-refractivity contribution is 0.915. The zero-order chi connectivity index (χ0) is 16.0. The summed E-state index contributed by atoms with van der Waals surface area (Å²) in [5, 5.41) is 5.78. The van der Waals surface area contributed by atoms with Gasteiger partial charge in [0.05, 0.1) is 5.39 Å². The number of fused-ring (bicyclic) bond motifs is 3. The fourth-order valence-corrected chi connectivity index (χ4v) is 4.86. The third-order valence-electron chi connectivity index (χ3n) is 4.05. The zero-order valence-corrected chi connectivity index (χ0v) is 14.9. The third-order valence-corrected chi connectivity index (χ3v) is 5.67. The molecule has 23 heavy (non-hydrogen) atoms. The monoisotopic (exact) mass is 363 g/mol. The number of benzene rings is 1. The number of anilines is 2. The second kappa shape index (κ2) is 5.93. The largest absolute Gasteiger partial charge is 0.339 e. The summed E-state index contributed by atoms with van der Waals surface area (Å²) in [6, 6.07) is 5.45. The molecular formula is C17H15Cl2N3S. The molecule has 2 aromatic heterocycles. The maximum Gasteiger partial charge on any atom is 0.143 e. The number of aromatic nitrogens is 2. The molecule has 118 valence electrons. The van der Waals surface area contributed by atoms with Crippen molar-refractivity contribution in [3.8, 4) is 0 Å². The Balaban J connectivity index is 1.87. The summed E-state index contributed by atoms with van der Waals surface area (Å²) >= 11 is 14.0. The number of hydrogen-bond donors (Lipinski definition) is 1. The average Bonchev–Trinajstić information content (AvgIpc) is 3.05. The summed E-state index contributed by atoms with van der Waals surface area (Å²) in [5.41, 5.74) is 2.26. The van der Waals surface area contributed by atoms with E-state index in [0.29, 0.717) is 10.0 Å². The SMILES string of the molecule is CCc1nc(Nc2cc(Cl)cc(Cl)c2)c2c3c(sc2n1)CCC3. The van der Waals surface area contributed by atoms with E-state index in [1.807, 2.05) is 12.1 Å². The second-order valence-electron chi connectivity index (χ2n) is 5.66. The Morgan fingerprint density at radius 2 is 1.91 bits per heavy atom. The van der Waals surface area contributed by atoms with Crippen molar-refractivity contribution in [3.05, 3.63) is 44.5 Å². The van der Waals surface area contributed by atoms with Crippen LogP contribution < -0.4 is 5.32 Å². The first-order chi connectivity index (χ1) is 11.1. The minimum Gasteiger partial charge on any atom is -0.339 e. The van der Waals surface area contributed by atoms with Gasteiger partial charge in [0.15, 0.2) is 0 Å². The molecule has 0 radical (unpaired) electrons. The predicted octanol–water partition coefficient (Wildman–Crippen LogP) is 5.79. The summed E-state index contributed by atoms with van der Waals surface area (Å²) in [4.78, 5) is 12.0. The highest BCUT2D eigenvalue weighted by molar-refractivity contribution is 7.19. The Morgan fingerprint density at radius 3 is 2.65 bits per heavy atom. The average molecular weight is 364 g/mol. The number of nitrogens with zero attached hydrogens (tertiary/aromatic N) is 2. The van der Waals surface area contributed by atoms with Crippen LogP contribution >= 0.6 is 34.5 Å². The van der Waals surface area contributed by atoms with Gasteiger partial charge in [0.25, 0.3) is 0 Å². The fourth-order valence-electron chi connectivity index (χ4n) is 3.05. The van der Waals surface area contributed by atoms with Gasteiger partial charge in [-0.2, -0.15) is 0 Å². The van der Waals surface area contributed by atoms with Crippen LogP contribution in [-0.4, -0.2) is 9.97 Å². The fraction of sp³-hybridized carbons (Fsp3) is 0.294. The summed E-state index contributed by atoms with van der Waals surface area (Å²) in [5.74, 6) is 1.72. The Morgan fingerprint density at radius 1 is 1.13 bits per heavy atom. The first kappa shape index (κ1) is 15.2. The number of aryl methyl sites for hydroxylation is 3. The zero-order valence-electron chi connectivity index (χ0n) is 12.6.